The molecule has 0 amide bonds. The molecule has 5 nitrogen and oxygen atoms in total. The number of aromatic amines is 1. The minimum Gasteiger partial charge on any atom is -0.358 e. The Morgan fingerprint density at radius 3 is 2.55 bits per heavy atom. The zero-order valence-electron chi connectivity index (χ0n) is 9.94. The highest BCUT2D eigenvalue weighted by molar-refractivity contribution is 6.31. The van der Waals surface area contributed by atoms with Gasteiger partial charge in [-0.2, -0.15) is 18.2 Å². The van der Waals surface area contributed by atoms with Crippen LogP contribution in [0.25, 0.3) is 0 Å². The molecular weight excluding hydrogens is 302 g/mol. The van der Waals surface area contributed by atoms with Crippen LogP contribution < -0.4 is 10.6 Å². The molecule has 3 N–H and O–H groups in total. The summed E-state index contributed by atoms with van der Waals surface area (Å²) in [6.07, 6.45) is -4.85. The average Bonchev–Trinajstić information content (AvgIpc) is 2.80. The number of benzene rings is 1. The van der Waals surface area contributed by atoms with E-state index >= 15 is 0 Å². The van der Waals surface area contributed by atoms with Gasteiger partial charge in [0.25, 0.3) is 0 Å². The molecule has 0 bridgehead atoms. The number of rotatable bonds is 3. The molecule has 0 saturated carbocycles. The van der Waals surface area contributed by atoms with Crippen LogP contribution in [0.2, 0.25) is 5.02 Å². The van der Waals surface area contributed by atoms with E-state index in [-0.39, 0.29) is 11.6 Å². The standard InChI is InChI=1S/C10H8ClF4N5/c1-16-8-18-9(20-19-8)17-4-2-5(10(13,14)15)7(12)6(11)3-4/h2-3H,1H3,(H3,16,17,18,19,20). The molecular formula is C10H8ClF4N5. The predicted molar refractivity (Wildman–Crippen MR) is 65.6 cm³/mol. The van der Waals surface area contributed by atoms with Crippen LogP contribution in [0.4, 0.5) is 35.1 Å². The number of halogens is 5. The Bertz CT molecular complexity index is 625. The van der Waals surface area contributed by atoms with Crippen molar-refractivity contribution in [2.24, 2.45) is 0 Å². The molecule has 10 heteroatoms. The number of anilines is 3. The summed E-state index contributed by atoms with van der Waals surface area (Å²) in [5, 5.41) is 10.7. The highest BCUT2D eigenvalue weighted by Crippen LogP contribution is 2.36. The maximum Gasteiger partial charge on any atom is 0.419 e. The second-order valence-corrected chi connectivity index (χ2v) is 4.11. The molecule has 20 heavy (non-hydrogen) atoms. The molecule has 0 aliphatic heterocycles. The lowest BCUT2D eigenvalue weighted by atomic mass is 10.2. The van der Waals surface area contributed by atoms with Crippen molar-refractivity contribution in [1.82, 2.24) is 15.2 Å². The van der Waals surface area contributed by atoms with E-state index in [1.807, 2.05) is 0 Å². The van der Waals surface area contributed by atoms with Gasteiger partial charge < -0.3 is 10.6 Å². The molecule has 1 heterocycles. The van der Waals surface area contributed by atoms with E-state index < -0.39 is 22.6 Å². The Kier molecular flexibility index (Phi) is 3.71. The fraction of sp³-hybridized carbons (Fsp3) is 0.200. The molecule has 2 rings (SSSR count). The SMILES string of the molecule is CNc1nc(Nc2cc(Cl)c(F)c(C(F)(F)F)c2)n[nH]1. The summed E-state index contributed by atoms with van der Waals surface area (Å²) in [6.45, 7) is 0. The number of H-pyrrole nitrogens is 1. The average molecular weight is 310 g/mol. The van der Waals surface area contributed by atoms with E-state index in [2.05, 4.69) is 25.8 Å². The zero-order valence-corrected chi connectivity index (χ0v) is 10.7. The number of nitrogens with one attached hydrogen (secondary N) is 3. The molecule has 0 saturated heterocycles. The number of aromatic nitrogens is 3. The molecule has 0 spiro atoms. The first kappa shape index (κ1) is 14.4. The Morgan fingerprint density at radius 1 is 1.30 bits per heavy atom. The maximum absolute atomic E-state index is 13.3. The van der Waals surface area contributed by atoms with Gasteiger partial charge in [-0.3, -0.25) is 0 Å². The van der Waals surface area contributed by atoms with E-state index in [1.54, 1.807) is 7.05 Å². The Labute approximate surface area is 115 Å². The van der Waals surface area contributed by atoms with Crippen molar-refractivity contribution in [3.63, 3.8) is 0 Å². The minimum absolute atomic E-state index is 0.0187. The molecule has 0 atom stereocenters. The largest absolute Gasteiger partial charge is 0.419 e. The number of hydrogen-bond donors (Lipinski definition) is 3. The molecule has 0 radical (unpaired) electrons. The number of nitrogens with zero attached hydrogens (tertiary/aromatic N) is 2. The van der Waals surface area contributed by atoms with Crippen LogP contribution in [0.3, 0.4) is 0 Å². The van der Waals surface area contributed by atoms with Gasteiger partial charge in [-0.1, -0.05) is 11.6 Å². The van der Waals surface area contributed by atoms with Crippen molar-refractivity contribution < 1.29 is 17.6 Å². The van der Waals surface area contributed by atoms with Crippen LogP contribution in [0.1, 0.15) is 5.56 Å². The smallest absolute Gasteiger partial charge is 0.358 e. The first-order valence-electron chi connectivity index (χ1n) is 5.24. The summed E-state index contributed by atoms with van der Waals surface area (Å²) < 4.78 is 51.2. The van der Waals surface area contributed by atoms with Crippen LogP contribution in [0.5, 0.6) is 0 Å². The monoisotopic (exact) mass is 309 g/mol. The first-order valence-corrected chi connectivity index (χ1v) is 5.62. The van der Waals surface area contributed by atoms with Crippen LogP contribution in [-0.2, 0) is 6.18 Å². The van der Waals surface area contributed by atoms with Crippen molar-refractivity contribution in [1.29, 1.82) is 0 Å². The molecule has 1 aromatic heterocycles. The van der Waals surface area contributed by atoms with E-state index in [0.29, 0.717) is 12.0 Å². The fourth-order valence-corrected chi connectivity index (χ4v) is 1.65. The predicted octanol–water partition coefficient (Wildman–Crippen LogP) is 3.40. The molecule has 0 aliphatic rings. The van der Waals surface area contributed by atoms with E-state index in [4.69, 9.17) is 11.6 Å². The molecule has 0 fully saturated rings. The van der Waals surface area contributed by atoms with Gasteiger partial charge in [-0.15, -0.1) is 5.10 Å². The van der Waals surface area contributed by atoms with Gasteiger partial charge in [0.05, 0.1) is 10.6 Å². The second kappa shape index (κ2) is 5.16. The van der Waals surface area contributed by atoms with Crippen LogP contribution in [0, 0.1) is 5.82 Å². The van der Waals surface area contributed by atoms with Crippen LogP contribution in [-0.4, -0.2) is 22.2 Å². The Morgan fingerprint density at radius 2 is 2.00 bits per heavy atom. The van der Waals surface area contributed by atoms with Crippen molar-refractivity contribution in [3.05, 3.63) is 28.5 Å². The highest BCUT2D eigenvalue weighted by atomic mass is 35.5. The minimum atomic E-state index is -4.85. The lowest BCUT2D eigenvalue weighted by molar-refractivity contribution is -0.139. The van der Waals surface area contributed by atoms with E-state index in [9.17, 15) is 17.6 Å². The summed E-state index contributed by atoms with van der Waals surface area (Å²) in [5.41, 5.74) is -1.54. The van der Waals surface area contributed by atoms with Gasteiger partial charge in [0.2, 0.25) is 11.9 Å². The van der Waals surface area contributed by atoms with Crippen molar-refractivity contribution in [3.8, 4) is 0 Å². The van der Waals surface area contributed by atoms with Crippen molar-refractivity contribution >= 4 is 29.2 Å². The summed E-state index contributed by atoms with van der Waals surface area (Å²) in [5.74, 6) is -1.18. The topological polar surface area (TPSA) is 65.6 Å². The normalized spacial score (nSPS) is 11.5. The maximum atomic E-state index is 13.3. The zero-order chi connectivity index (χ0) is 14.9. The summed E-state index contributed by atoms with van der Waals surface area (Å²) >= 11 is 5.45. The molecule has 1 aromatic carbocycles. The van der Waals surface area contributed by atoms with Crippen LogP contribution in [0.15, 0.2) is 12.1 Å². The third kappa shape index (κ3) is 2.93. The molecule has 2 aromatic rings. The van der Waals surface area contributed by atoms with E-state index in [0.717, 1.165) is 6.07 Å². The molecule has 0 aliphatic carbocycles. The third-order valence-electron chi connectivity index (χ3n) is 2.31. The first-order chi connectivity index (χ1) is 9.31. The quantitative estimate of drug-likeness (QED) is 0.760. The summed E-state index contributed by atoms with van der Waals surface area (Å²) in [6, 6.07) is 1.61. The van der Waals surface area contributed by atoms with Crippen molar-refractivity contribution in [2.45, 2.75) is 6.18 Å². The van der Waals surface area contributed by atoms with Gasteiger partial charge >= 0.3 is 6.18 Å². The van der Waals surface area contributed by atoms with Gasteiger partial charge in [-0.25, -0.2) is 9.49 Å². The van der Waals surface area contributed by atoms with Gasteiger partial charge in [0.1, 0.15) is 0 Å². The molecule has 0 unspecified atom stereocenters. The van der Waals surface area contributed by atoms with Crippen LogP contribution >= 0.6 is 11.6 Å². The van der Waals surface area contributed by atoms with Gasteiger partial charge in [0, 0.05) is 12.7 Å². The fourth-order valence-electron chi connectivity index (χ4n) is 1.43. The number of alkyl halides is 3. The number of hydrogen-bond acceptors (Lipinski definition) is 4. The summed E-state index contributed by atoms with van der Waals surface area (Å²) in [7, 11) is 1.58. The Balaban J connectivity index is 2.35. The van der Waals surface area contributed by atoms with Gasteiger partial charge in [-0.05, 0) is 12.1 Å². The third-order valence-corrected chi connectivity index (χ3v) is 2.59. The molecule has 108 valence electrons. The van der Waals surface area contributed by atoms with Crippen molar-refractivity contribution in [2.75, 3.05) is 17.7 Å². The second-order valence-electron chi connectivity index (χ2n) is 3.70. The summed E-state index contributed by atoms with van der Waals surface area (Å²) in [4.78, 5) is 3.86. The lowest BCUT2D eigenvalue weighted by Crippen LogP contribution is -2.09. The highest BCUT2D eigenvalue weighted by Gasteiger charge is 2.35. The Hall–Kier alpha value is -2.03. The lowest BCUT2D eigenvalue weighted by Gasteiger charge is -2.11. The van der Waals surface area contributed by atoms with Gasteiger partial charge in [0.15, 0.2) is 5.82 Å². The van der Waals surface area contributed by atoms with E-state index in [1.165, 1.54) is 0 Å².